The average Bonchev–Trinajstić information content (AvgIpc) is 2.85. The van der Waals surface area contributed by atoms with Crippen molar-refractivity contribution in [1.29, 1.82) is 0 Å². The summed E-state index contributed by atoms with van der Waals surface area (Å²) in [4.78, 5) is 15.5. The molecule has 2 atom stereocenters. The van der Waals surface area contributed by atoms with Crippen molar-refractivity contribution in [2.75, 3.05) is 5.75 Å². The van der Waals surface area contributed by atoms with Gasteiger partial charge in [0.2, 0.25) is 5.89 Å². The van der Waals surface area contributed by atoms with Gasteiger partial charge in [0.05, 0.1) is 17.6 Å². The van der Waals surface area contributed by atoms with Gasteiger partial charge >= 0.3 is 5.97 Å². The number of aromatic nitrogens is 2. The van der Waals surface area contributed by atoms with Gasteiger partial charge in [-0.1, -0.05) is 24.2 Å². The monoisotopic (exact) mass is 268 g/mol. The molecule has 0 saturated carbocycles. The highest BCUT2D eigenvalue weighted by atomic mass is 32.2. The molecule has 0 fully saturated rings. The lowest BCUT2D eigenvalue weighted by Gasteiger charge is -2.21. The maximum absolute atomic E-state index is 11.2. The van der Waals surface area contributed by atoms with E-state index < -0.39 is 11.9 Å². The second-order valence-corrected chi connectivity index (χ2v) is 5.45. The number of carboxylic acids is 1. The summed E-state index contributed by atoms with van der Waals surface area (Å²) in [5.74, 6) is 1.36. The van der Waals surface area contributed by atoms with Crippen LogP contribution in [0.25, 0.3) is 0 Å². The van der Waals surface area contributed by atoms with Gasteiger partial charge in [-0.15, -0.1) is 0 Å². The predicted octanol–water partition coefficient (Wildman–Crippen LogP) is 2.46. The zero-order valence-corrected chi connectivity index (χ0v) is 11.0. The Morgan fingerprint density at radius 1 is 1.56 bits per heavy atom. The average molecular weight is 268 g/mol. The van der Waals surface area contributed by atoms with E-state index in [0.717, 1.165) is 5.75 Å². The summed E-state index contributed by atoms with van der Waals surface area (Å²) in [6.45, 7) is 2.07. The third-order valence-electron chi connectivity index (χ3n) is 2.99. The molecule has 1 N–H and O–H groups in total. The normalized spacial score (nSPS) is 23.2. The van der Waals surface area contributed by atoms with Crippen LogP contribution >= 0.6 is 11.8 Å². The van der Waals surface area contributed by atoms with Crippen LogP contribution in [0.4, 0.5) is 0 Å². The van der Waals surface area contributed by atoms with Gasteiger partial charge < -0.3 is 9.63 Å². The van der Waals surface area contributed by atoms with E-state index in [1.165, 1.54) is 0 Å². The standard InChI is InChI=1S/C12H16N2O3S/c1-2-18-7-10-13-11(17-14-10)8-5-3-4-6-9(8)12(15)16/h3-4,8-9H,2,5-7H2,1H3,(H,15,16). The van der Waals surface area contributed by atoms with Crippen molar-refractivity contribution in [1.82, 2.24) is 10.1 Å². The molecule has 0 radical (unpaired) electrons. The molecule has 0 aromatic carbocycles. The Labute approximate surface area is 110 Å². The maximum Gasteiger partial charge on any atom is 0.307 e. The van der Waals surface area contributed by atoms with Crippen LogP contribution in [-0.4, -0.2) is 27.0 Å². The molecule has 5 nitrogen and oxygen atoms in total. The number of allylic oxidation sites excluding steroid dienone is 2. The number of thioether (sulfide) groups is 1. The molecule has 0 aliphatic heterocycles. The highest BCUT2D eigenvalue weighted by molar-refractivity contribution is 7.98. The zero-order valence-electron chi connectivity index (χ0n) is 10.2. The van der Waals surface area contributed by atoms with E-state index in [9.17, 15) is 9.90 Å². The largest absolute Gasteiger partial charge is 0.481 e. The van der Waals surface area contributed by atoms with Gasteiger partial charge in [0, 0.05) is 0 Å². The molecule has 1 aromatic heterocycles. The molecular formula is C12H16N2O3S. The van der Waals surface area contributed by atoms with Crippen molar-refractivity contribution in [3.63, 3.8) is 0 Å². The Kier molecular flexibility index (Phi) is 4.41. The number of aliphatic carboxylic acids is 1. The first-order valence-electron chi connectivity index (χ1n) is 6.00. The minimum atomic E-state index is -0.799. The van der Waals surface area contributed by atoms with Crippen molar-refractivity contribution < 1.29 is 14.4 Å². The molecule has 98 valence electrons. The summed E-state index contributed by atoms with van der Waals surface area (Å²) < 4.78 is 5.21. The summed E-state index contributed by atoms with van der Waals surface area (Å²) in [5, 5.41) is 13.1. The summed E-state index contributed by atoms with van der Waals surface area (Å²) in [5.41, 5.74) is 0. The van der Waals surface area contributed by atoms with Crippen molar-refractivity contribution in [2.45, 2.75) is 31.4 Å². The molecule has 1 aromatic rings. The Balaban J connectivity index is 2.11. The van der Waals surface area contributed by atoms with Crippen molar-refractivity contribution in [2.24, 2.45) is 5.92 Å². The third kappa shape index (κ3) is 2.93. The van der Waals surface area contributed by atoms with E-state index in [4.69, 9.17) is 4.52 Å². The summed E-state index contributed by atoms with van der Waals surface area (Å²) in [6.07, 6.45) is 5.06. The maximum atomic E-state index is 11.2. The molecular weight excluding hydrogens is 252 g/mol. The fraction of sp³-hybridized carbons (Fsp3) is 0.583. The molecule has 1 aliphatic carbocycles. The van der Waals surface area contributed by atoms with Gasteiger partial charge in [-0.3, -0.25) is 4.79 Å². The molecule has 6 heteroatoms. The van der Waals surface area contributed by atoms with E-state index in [-0.39, 0.29) is 5.92 Å². The Morgan fingerprint density at radius 2 is 2.33 bits per heavy atom. The lowest BCUT2D eigenvalue weighted by atomic mass is 9.83. The molecule has 0 bridgehead atoms. The number of hydrogen-bond donors (Lipinski definition) is 1. The van der Waals surface area contributed by atoms with Crippen LogP contribution in [0.5, 0.6) is 0 Å². The molecule has 2 unspecified atom stereocenters. The first kappa shape index (κ1) is 13.1. The summed E-state index contributed by atoms with van der Waals surface area (Å²) in [6, 6.07) is 0. The number of carboxylic acid groups (broad SMARTS) is 1. The van der Waals surface area contributed by atoms with Gasteiger partial charge in [0.25, 0.3) is 0 Å². The summed E-state index contributed by atoms with van der Waals surface area (Å²) >= 11 is 1.71. The van der Waals surface area contributed by atoms with Gasteiger partial charge in [-0.05, 0) is 18.6 Å². The third-order valence-corrected chi connectivity index (χ3v) is 3.86. The topological polar surface area (TPSA) is 76.2 Å². The van der Waals surface area contributed by atoms with Crippen LogP contribution in [0, 0.1) is 5.92 Å². The smallest absolute Gasteiger partial charge is 0.307 e. The van der Waals surface area contributed by atoms with Crippen molar-refractivity contribution >= 4 is 17.7 Å². The number of carbonyl (C=O) groups is 1. The lowest BCUT2D eigenvalue weighted by molar-refractivity contribution is -0.142. The van der Waals surface area contributed by atoms with E-state index in [1.807, 2.05) is 12.2 Å². The van der Waals surface area contributed by atoms with E-state index in [1.54, 1.807) is 11.8 Å². The number of hydrogen-bond acceptors (Lipinski definition) is 5. The van der Waals surface area contributed by atoms with Crippen LogP contribution in [0.15, 0.2) is 16.7 Å². The Hall–Kier alpha value is -1.30. The molecule has 1 heterocycles. The molecule has 0 amide bonds. The van der Waals surface area contributed by atoms with E-state index in [2.05, 4.69) is 17.1 Å². The molecule has 0 saturated heterocycles. The molecule has 1 aliphatic rings. The first-order valence-corrected chi connectivity index (χ1v) is 7.15. The molecule has 0 spiro atoms. The van der Waals surface area contributed by atoms with Crippen molar-refractivity contribution in [3.8, 4) is 0 Å². The second kappa shape index (κ2) is 6.04. The second-order valence-electron chi connectivity index (χ2n) is 4.18. The van der Waals surface area contributed by atoms with Gasteiger partial charge in [-0.25, -0.2) is 0 Å². The van der Waals surface area contributed by atoms with Crippen LogP contribution < -0.4 is 0 Å². The Morgan fingerprint density at radius 3 is 3.06 bits per heavy atom. The minimum Gasteiger partial charge on any atom is -0.481 e. The highest BCUT2D eigenvalue weighted by Gasteiger charge is 2.33. The van der Waals surface area contributed by atoms with Crippen LogP contribution in [0.1, 0.15) is 37.4 Å². The number of nitrogens with zero attached hydrogens (tertiary/aromatic N) is 2. The van der Waals surface area contributed by atoms with Gasteiger partial charge in [0.1, 0.15) is 0 Å². The summed E-state index contributed by atoms with van der Waals surface area (Å²) in [7, 11) is 0. The van der Waals surface area contributed by atoms with Gasteiger partial charge in [-0.2, -0.15) is 16.7 Å². The number of rotatable bonds is 5. The van der Waals surface area contributed by atoms with Crippen molar-refractivity contribution in [3.05, 3.63) is 23.9 Å². The SMILES string of the molecule is CCSCc1noc(C2CC=CCC2C(=O)O)n1. The molecule has 18 heavy (non-hydrogen) atoms. The fourth-order valence-electron chi connectivity index (χ4n) is 2.03. The predicted molar refractivity (Wildman–Crippen MR) is 68.4 cm³/mol. The van der Waals surface area contributed by atoms with Crippen LogP contribution in [0.2, 0.25) is 0 Å². The van der Waals surface area contributed by atoms with E-state index >= 15 is 0 Å². The molecule has 2 rings (SSSR count). The van der Waals surface area contributed by atoms with Gasteiger partial charge in [0.15, 0.2) is 5.82 Å². The Bertz CT molecular complexity index is 444. The highest BCUT2D eigenvalue weighted by Crippen LogP contribution is 2.34. The van der Waals surface area contributed by atoms with Crippen LogP contribution in [-0.2, 0) is 10.5 Å². The fourth-order valence-corrected chi connectivity index (χ4v) is 2.53. The minimum absolute atomic E-state index is 0.194. The van der Waals surface area contributed by atoms with Crippen LogP contribution in [0.3, 0.4) is 0 Å². The zero-order chi connectivity index (χ0) is 13.0. The van der Waals surface area contributed by atoms with E-state index in [0.29, 0.717) is 30.3 Å². The quantitative estimate of drug-likeness (QED) is 0.827. The first-order chi connectivity index (χ1) is 8.72. The lowest BCUT2D eigenvalue weighted by Crippen LogP contribution is -2.23.